The van der Waals surface area contributed by atoms with Gasteiger partial charge in [0.1, 0.15) is 5.76 Å². The molecule has 0 aliphatic rings. The molecule has 2 heterocycles. The number of aryl methyl sites for hydroxylation is 1. The summed E-state index contributed by atoms with van der Waals surface area (Å²) in [5.74, 6) is 0.978. The Labute approximate surface area is 89.7 Å². The van der Waals surface area contributed by atoms with Crippen molar-refractivity contribution in [2.75, 3.05) is 0 Å². The van der Waals surface area contributed by atoms with Gasteiger partial charge in [-0.15, -0.1) is 0 Å². The van der Waals surface area contributed by atoms with Crippen molar-refractivity contribution in [2.24, 2.45) is 7.05 Å². The Bertz CT molecular complexity index is 403. The molecule has 2 aromatic rings. The SMILES string of the molecule is C[C@@H](NCc1ccn(C)c1)c1ccco1. The minimum absolute atomic E-state index is 0.250. The van der Waals surface area contributed by atoms with E-state index in [0.29, 0.717) is 0 Å². The summed E-state index contributed by atoms with van der Waals surface area (Å²) >= 11 is 0. The van der Waals surface area contributed by atoms with Crippen LogP contribution in [0.3, 0.4) is 0 Å². The van der Waals surface area contributed by atoms with E-state index in [1.54, 1.807) is 6.26 Å². The lowest BCUT2D eigenvalue weighted by Gasteiger charge is -2.09. The summed E-state index contributed by atoms with van der Waals surface area (Å²) in [5.41, 5.74) is 1.29. The van der Waals surface area contributed by atoms with Gasteiger partial charge in [-0.3, -0.25) is 0 Å². The fourth-order valence-electron chi connectivity index (χ4n) is 1.57. The van der Waals surface area contributed by atoms with Crippen LogP contribution in [0.2, 0.25) is 0 Å². The van der Waals surface area contributed by atoms with Gasteiger partial charge in [-0.25, -0.2) is 0 Å². The maximum Gasteiger partial charge on any atom is 0.120 e. The highest BCUT2D eigenvalue weighted by atomic mass is 16.3. The van der Waals surface area contributed by atoms with Crippen LogP contribution in [0.1, 0.15) is 24.3 Å². The topological polar surface area (TPSA) is 30.1 Å². The third kappa shape index (κ3) is 2.50. The van der Waals surface area contributed by atoms with Gasteiger partial charge in [0.2, 0.25) is 0 Å². The van der Waals surface area contributed by atoms with Gasteiger partial charge in [-0.1, -0.05) is 0 Å². The minimum atomic E-state index is 0.250. The smallest absolute Gasteiger partial charge is 0.120 e. The second-order valence-electron chi connectivity index (χ2n) is 3.80. The van der Waals surface area contributed by atoms with Gasteiger partial charge in [0.05, 0.1) is 12.3 Å². The standard InChI is InChI=1S/C12H16N2O/c1-10(12-4-3-7-15-12)13-8-11-5-6-14(2)9-11/h3-7,9-10,13H,8H2,1-2H3/t10-/m1/s1. The molecular formula is C12H16N2O. The normalized spacial score (nSPS) is 12.9. The monoisotopic (exact) mass is 204 g/mol. The summed E-state index contributed by atoms with van der Waals surface area (Å²) in [5, 5.41) is 3.41. The molecule has 3 nitrogen and oxygen atoms in total. The van der Waals surface area contributed by atoms with Crippen LogP contribution in [-0.4, -0.2) is 4.57 Å². The van der Waals surface area contributed by atoms with Crippen LogP contribution in [0.4, 0.5) is 0 Å². The Morgan fingerprint density at radius 2 is 2.33 bits per heavy atom. The van der Waals surface area contributed by atoms with Crippen molar-refractivity contribution in [1.29, 1.82) is 0 Å². The van der Waals surface area contributed by atoms with E-state index in [0.717, 1.165) is 12.3 Å². The molecule has 0 spiro atoms. The lowest BCUT2D eigenvalue weighted by Crippen LogP contribution is -2.17. The molecule has 0 saturated heterocycles. The second-order valence-corrected chi connectivity index (χ2v) is 3.80. The van der Waals surface area contributed by atoms with E-state index in [1.807, 2.05) is 19.2 Å². The summed E-state index contributed by atoms with van der Waals surface area (Å²) in [7, 11) is 2.03. The summed E-state index contributed by atoms with van der Waals surface area (Å²) < 4.78 is 7.37. The van der Waals surface area contributed by atoms with Crippen LogP contribution in [0.15, 0.2) is 41.3 Å². The van der Waals surface area contributed by atoms with Crippen molar-refractivity contribution in [3.63, 3.8) is 0 Å². The molecule has 0 fully saturated rings. The first-order valence-corrected chi connectivity index (χ1v) is 5.13. The van der Waals surface area contributed by atoms with Crippen LogP contribution < -0.4 is 5.32 Å². The Balaban J connectivity index is 1.88. The molecule has 0 aliphatic carbocycles. The first-order valence-electron chi connectivity index (χ1n) is 5.13. The van der Waals surface area contributed by atoms with Gasteiger partial charge < -0.3 is 14.3 Å². The van der Waals surface area contributed by atoms with Gasteiger partial charge in [-0.2, -0.15) is 0 Å². The summed E-state index contributed by atoms with van der Waals surface area (Å²) in [6.45, 7) is 2.96. The van der Waals surface area contributed by atoms with Gasteiger partial charge >= 0.3 is 0 Å². The highest BCUT2D eigenvalue weighted by Gasteiger charge is 2.06. The number of rotatable bonds is 4. The van der Waals surface area contributed by atoms with Crippen molar-refractivity contribution >= 4 is 0 Å². The van der Waals surface area contributed by atoms with Crippen molar-refractivity contribution < 1.29 is 4.42 Å². The van der Waals surface area contributed by atoms with Crippen LogP contribution in [0, 0.1) is 0 Å². The molecule has 0 unspecified atom stereocenters. The largest absolute Gasteiger partial charge is 0.468 e. The van der Waals surface area contributed by atoms with Gasteiger partial charge in [0.25, 0.3) is 0 Å². The third-order valence-corrected chi connectivity index (χ3v) is 2.48. The molecule has 2 rings (SSSR count). The molecule has 0 aliphatic heterocycles. The number of aromatic nitrogens is 1. The maximum absolute atomic E-state index is 5.32. The molecule has 15 heavy (non-hydrogen) atoms. The first-order chi connectivity index (χ1) is 7.25. The number of hydrogen-bond acceptors (Lipinski definition) is 2. The fraction of sp³-hybridized carbons (Fsp3) is 0.333. The maximum atomic E-state index is 5.32. The van der Waals surface area contributed by atoms with Crippen molar-refractivity contribution in [2.45, 2.75) is 19.5 Å². The van der Waals surface area contributed by atoms with E-state index in [-0.39, 0.29) is 6.04 Å². The van der Waals surface area contributed by atoms with Crippen LogP contribution in [0.25, 0.3) is 0 Å². The zero-order valence-corrected chi connectivity index (χ0v) is 9.10. The summed E-state index contributed by atoms with van der Waals surface area (Å²) in [6, 6.07) is 6.26. The molecule has 0 amide bonds. The lowest BCUT2D eigenvalue weighted by atomic mass is 10.2. The zero-order valence-electron chi connectivity index (χ0n) is 9.10. The van der Waals surface area contributed by atoms with Crippen molar-refractivity contribution in [3.05, 3.63) is 48.2 Å². The molecule has 1 N–H and O–H groups in total. The Hall–Kier alpha value is -1.48. The minimum Gasteiger partial charge on any atom is -0.468 e. The van der Waals surface area contributed by atoms with E-state index in [4.69, 9.17) is 4.42 Å². The number of furan rings is 1. The Morgan fingerprint density at radius 3 is 2.93 bits per heavy atom. The number of hydrogen-bond donors (Lipinski definition) is 1. The zero-order chi connectivity index (χ0) is 10.7. The molecular weight excluding hydrogens is 188 g/mol. The van der Waals surface area contributed by atoms with E-state index < -0.39 is 0 Å². The Morgan fingerprint density at radius 1 is 1.47 bits per heavy atom. The predicted octanol–water partition coefficient (Wildman–Crippen LogP) is 2.47. The van der Waals surface area contributed by atoms with E-state index >= 15 is 0 Å². The summed E-state index contributed by atoms with van der Waals surface area (Å²) in [6.07, 6.45) is 5.87. The average molecular weight is 204 g/mol. The molecule has 0 saturated carbocycles. The van der Waals surface area contributed by atoms with E-state index in [1.165, 1.54) is 5.56 Å². The van der Waals surface area contributed by atoms with Crippen LogP contribution in [-0.2, 0) is 13.6 Å². The molecule has 80 valence electrons. The first kappa shape index (κ1) is 10.1. The molecule has 0 bridgehead atoms. The number of nitrogens with one attached hydrogen (secondary N) is 1. The van der Waals surface area contributed by atoms with Gasteiger partial charge in [0.15, 0.2) is 0 Å². The van der Waals surface area contributed by atoms with Gasteiger partial charge in [0, 0.05) is 26.0 Å². The molecule has 2 aromatic heterocycles. The lowest BCUT2D eigenvalue weighted by molar-refractivity contribution is 0.430. The molecule has 1 atom stereocenters. The van der Waals surface area contributed by atoms with Crippen molar-refractivity contribution in [3.8, 4) is 0 Å². The molecule has 0 aromatic carbocycles. The van der Waals surface area contributed by atoms with Crippen molar-refractivity contribution in [1.82, 2.24) is 9.88 Å². The third-order valence-electron chi connectivity index (χ3n) is 2.48. The van der Waals surface area contributed by atoms with Crippen LogP contribution >= 0.6 is 0 Å². The second kappa shape index (κ2) is 4.36. The van der Waals surface area contributed by atoms with E-state index in [2.05, 4.69) is 35.3 Å². The van der Waals surface area contributed by atoms with Gasteiger partial charge in [-0.05, 0) is 30.7 Å². The van der Waals surface area contributed by atoms with Crippen LogP contribution in [0.5, 0.6) is 0 Å². The fourth-order valence-corrected chi connectivity index (χ4v) is 1.57. The molecule has 3 heteroatoms. The highest BCUT2D eigenvalue weighted by molar-refractivity contribution is 5.10. The Kier molecular flexibility index (Phi) is 2.92. The predicted molar refractivity (Wildman–Crippen MR) is 59.4 cm³/mol. The summed E-state index contributed by atoms with van der Waals surface area (Å²) in [4.78, 5) is 0. The molecule has 0 radical (unpaired) electrons. The average Bonchev–Trinajstić information content (AvgIpc) is 2.84. The number of nitrogens with zero attached hydrogens (tertiary/aromatic N) is 1. The quantitative estimate of drug-likeness (QED) is 0.829. The highest BCUT2D eigenvalue weighted by Crippen LogP contribution is 2.13. The van der Waals surface area contributed by atoms with E-state index in [9.17, 15) is 0 Å².